The maximum atomic E-state index is 13.3. The molecule has 2 unspecified atom stereocenters. The SMILES string of the molecule is O=S(=O)(c1ccc(OCC(O)CN2CCN(C/C=C/c3ccccc3)CC2)cc1)c1ccc(OCC(O)CN2CCN(C/C=C/c3ccccc3)CC2)cc1. The van der Waals surface area contributed by atoms with E-state index < -0.39 is 22.0 Å². The van der Waals surface area contributed by atoms with Crippen LogP contribution in [0.3, 0.4) is 0 Å². The van der Waals surface area contributed by atoms with Crippen LogP contribution in [0.2, 0.25) is 0 Å². The van der Waals surface area contributed by atoms with Crippen molar-refractivity contribution < 1.29 is 28.1 Å². The lowest BCUT2D eigenvalue weighted by Gasteiger charge is -2.35. The fourth-order valence-electron chi connectivity index (χ4n) is 6.77. The van der Waals surface area contributed by atoms with Crippen molar-refractivity contribution in [2.75, 3.05) is 91.8 Å². The molecule has 11 heteroatoms. The third-order valence-electron chi connectivity index (χ3n) is 9.97. The highest BCUT2D eigenvalue weighted by atomic mass is 32.2. The second-order valence-corrected chi connectivity index (χ2v) is 16.2. The molecule has 10 nitrogen and oxygen atoms in total. The van der Waals surface area contributed by atoms with Crippen LogP contribution in [-0.4, -0.2) is 142 Å². The summed E-state index contributed by atoms with van der Waals surface area (Å²) in [6.07, 6.45) is 7.36. The van der Waals surface area contributed by atoms with E-state index in [0.717, 1.165) is 65.4 Å². The topological polar surface area (TPSA) is 106 Å². The summed E-state index contributed by atoms with van der Waals surface area (Å²) in [5.74, 6) is 0.987. The largest absolute Gasteiger partial charge is 0.491 e. The number of ether oxygens (including phenoxy) is 2. The number of rotatable bonds is 18. The molecule has 2 atom stereocenters. The van der Waals surface area contributed by atoms with E-state index in [2.05, 4.69) is 68.2 Å². The molecule has 2 saturated heterocycles. The van der Waals surface area contributed by atoms with E-state index in [1.54, 1.807) is 24.3 Å². The molecule has 0 aliphatic carbocycles. The Morgan fingerprint density at radius 3 is 1.22 bits per heavy atom. The third kappa shape index (κ3) is 12.9. The van der Waals surface area contributed by atoms with Crippen LogP contribution >= 0.6 is 0 Å². The Hall–Kier alpha value is -4.33. The van der Waals surface area contributed by atoms with Crippen molar-refractivity contribution in [2.45, 2.75) is 22.0 Å². The molecule has 0 spiro atoms. The Morgan fingerprint density at radius 1 is 0.509 bits per heavy atom. The molecule has 0 aromatic heterocycles. The van der Waals surface area contributed by atoms with Crippen LogP contribution in [0.25, 0.3) is 12.2 Å². The summed E-state index contributed by atoms with van der Waals surface area (Å²) in [4.78, 5) is 9.59. The number of β-amino-alcohol motifs (C(OH)–C–C–N with tert-alkyl or cyclic N) is 2. The minimum absolute atomic E-state index is 0.117. The van der Waals surface area contributed by atoms with Crippen molar-refractivity contribution in [3.05, 3.63) is 132 Å². The third-order valence-corrected chi connectivity index (χ3v) is 11.8. The second-order valence-electron chi connectivity index (χ2n) is 14.2. The average molecular weight is 767 g/mol. The molecular formula is C44H54N4O6S. The molecular weight excluding hydrogens is 713 g/mol. The normalized spacial score (nSPS) is 17.8. The van der Waals surface area contributed by atoms with Crippen LogP contribution in [-0.2, 0) is 9.84 Å². The number of benzene rings is 4. The predicted octanol–water partition coefficient (Wildman–Crippen LogP) is 4.66. The smallest absolute Gasteiger partial charge is 0.206 e. The lowest BCUT2D eigenvalue weighted by molar-refractivity contribution is 0.0481. The zero-order valence-corrected chi connectivity index (χ0v) is 32.3. The summed E-state index contributed by atoms with van der Waals surface area (Å²) in [7, 11) is -3.76. The zero-order valence-electron chi connectivity index (χ0n) is 31.5. The molecule has 4 aromatic carbocycles. The minimum Gasteiger partial charge on any atom is -0.491 e. The highest BCUT2D eigenvalue weighted by Gasteiger charge is 2.22. The van der Waals surface area contributed by atoms with Gasteiger partial charge in [-0.2, -0.15) is 0 Å². The molecule has 0 radical (unpaired) electrons. The van der Waals surface area contributed by atoms with Gasteiger partial charge in [-0.05, 0) is 59.7 Å². The molecule has 2 aliphatic rings. The van der Waals surface area contributed by atoms with Gasteiger partial charge in [-0.25, -0.2) is 8.42 Å². The molecule has 0 amide bonds. The number of piperazine rings is 2. The van der Waals surface area contributed by atoms with Crippen LogP contribution in [0.1, 0.15) is 11.1 Å². The number of aliphatic hydroxyl groups excluding tert-OH is 2. The first-order valence-electron chi connectivity index (χ1n) is 19.2. The van der Waals surface area contributed by atoms with Crippen molar-refractivity contribution in [1.82, 2.24) is 19.6 Å². The number of nitrogens with zero attached hydrogens (tertiary/aromatic N) is 4. The van der Waals surface area contributed by atoms with E-state index in [4.69, 9.17) is 9.47 Å². The zero-order chi connectivity index (χ0) is 38.3. The quantitative estimate of drug-likeness (QED) is 0.149. The summed E-state index contributed by atoms with van der Waals surface area (Å²) in [6.45, 7) is 10.4. The molecule has 292 valence electrons. The van der Waals surface area contributed by atoms with Crippen molar-refractivity contribution in [2.24, 2.45) is 0 Å². The van der Waals surface area contributed by atoms with Gasteiger partial charge in [-0.15, -0.1) is 0 Å². The first kappa shape index (κ1) is 40.3. The van der Waals surface area contributed by atoms with Crippen molar-refractivity contribution in [3.8, 4) is 11.5 Å². The number of sulfone groups is 1. The number of aliphatic hydroxyl groups is 2. The Morgan fingerprint density at radius 2 is 0.855 bits per heavy atom. The van der Waals surface area contributed by atoms with Gasteiger partial charge in [0.05, 0.1) is 9.79 Å². The van der Waals surface area contributed by atoms with Crippen molar-refractivity contribution in [1.29, 1.82) is 0 Å². The van der Waals surface area contributed by atoms with Crippen molar-refractivity contribution >= 4 is 22.0 Å². The standard InChI is InChI=1S/C44H54N4O6S/c49-39(33-47-29-25-45(26-30-47)23-7-13-37-9-3-1-4-10-37)35-53-41-15-19-43(20-16-41)55(51,52)44-21-17-42(18-22-44)54-36-40(50)34-48-31-27-46(28-32-48)24-8-14-38-11-5-2-6-12-38/h1-22,39-40,49-50H,23-36H2/b13-7+,14-8+. The monoisotopic (exact) mass is 766 g/mol. The van der Waals surface area contributed by atoms with E-state index in [-0.39, 0.29) is 23.0 Å². The Bertz CT molecular complexity index is 1740. The highest BCUT2D eigenvalue weighted by molar-refractivity contribution is 7.91. The molecule has 4 aromatic rings. The van der Waals surface area contributed by atoms with E-state index >= 15 is 0 Å². The van der Waals surface area contributed by atoms with Gasteiger partial charge in [-0.3, -0.25) is 19.6 Å². The van der Waals surface area contributed by atoms with Crippen LogP contribution in [0.15, 0.2) is 131 Å². The summed E-state index contributed by atoms with van der Waals surface area (Å²) >= 11 is 0. The van der Waals surface area contributed by atoms with Gasteiger partial charge < -0.3 is 19.7 Å². The van der Waals surface area contributed by atoms with Gasteiger partial charge in [0.2, 0.25) is 9.84 Å². The maximum absolute atomic E-state index is 13.3. The lowest BCUT2D eigenvalue weighted by atomic mass is 10.2. The molecule has 0 saturated carbocycles. The van der Waals surface area contributed by atoms with Crippen molar-refractivity contribution in [3.63, 3.8) is 0 Å². The van der Waals surface area contributed by atoms with Gasteiger partial charge in [0.25, 0.3) is 0 Å². The van der Waals surface area contributed by atoms with Gasteiger partial charge in [-0.1, -0.05) is 85.0 Å². The first-order chi connectivity index (χ1) is 26.8. The molecule has 6 rings (SSSR count). The summed E-state index contributed by atoms with van der Waals surface area (Å²) in [5, 5.41) is 21.3. The summed E-state index contributed by atoms with van der Waals surface area (Å²) in [5.41, 5.74) is 2.40. The Labute approximate surface area is 326 Å². The molecule has 0 bridgehead atoms. The minimum atomic E-state index is -3.76. The maximum Gasteiger partial charge on any atom is 0.206 e. The van der Waals surface area contributed by atoms with Gasteiger partial charge in [0, 0.05) is 78.5 Å². The lowest BCUT2D eigenvalue weighted by Crippen LogP contribution is -2.49. The molecule has 2 heterocycles. The van der Waals surface area contributed by atoms with Gasteiger partial charge >= 0.3 is 0 Å². The second kappa shape index (κ2) is 20.5. The fourth-order valence-corrected chi connectivity index (χ4v) is 8.03. The predicted molar refractivity (Wildman–Crippen MR) is 218 cm³/mol. The number of hydrogen-bond acceptors (Lipinski definition) is 10. The van der Waals surface area contributed by atoms with Gasteiger partial charge in [0.15, 0.2) is 0 Å². The van der Waals surface area contributed by atoms with E-state index in [1.165, 1.54) is 35.4 Å². The molecule has 2 N–H and O–H groups in total. The average Bonchev–Trinajstić information content (AvgIpc) is 3.22. The fraction of sp³-hybridized carbons (Fsp3) is 0.364. The number of hydrogen-bond donors (Lipinski definition) is 2. The van der Waals surface area contributed by atoms with Crippen LogP contribution in [0, 0.1) is 0 Å². The van der Waals surface area contributed by atoms with Crippen LogP contribution in [0.5, 0.6) is 11.5 Å². The van der Waals surface area contributed by atoms with E-state index in [0.29, 0.717) is 24.6 Å². The first-order valence-corrected chi connectivity index (χ1v) is 20.7. The van der Waals surface area contributed by atoms with E-state index in [1.807, 2.05) is 36.4 Å². The van der Waals surface area contributed by atoms with Gasteiger partial charge in [0.1, 0.15) is 36.9 Å². The highest BCUT2D eigenvalue weighted by Crippen LogP contribution is 2.25. The molecule has 2 fully saturated rings. The Balaban J connectivity index is 0.862. The van der Waals surface area contributed by atoms with E-state index in [9.17, 15) is 18.6 Å². The Kier molecular flexibility index (Phi) is 15.1. The van der Waals surface area contributed by atoms with Crippen LogP contribution < -0.4 is 9.47 Å². The molecule has 55 heavy (non-hydrogen) atoms. The summed E-state index contributed by atoms with van der Waals surface area (Å²) in [6, 6.07) is 33.1. The summed E-state index contributed by atoms with van der Waals surface area (Å²) < 4.78 is 38.3. The molecule has 2 aliphatic heterocycles. The van der Waals surface area contributed by atoms with Crippen LogP contribution in [0.4, 0.5) is 0 Å².